The second-order valence-corrected chi connectivity index (χ2v) is 13.5. The average Bonchev–Trinajstić information content (AvgIpc) is 3.49. The number of benzene rings is 1. The van der Waals surface area contributed by atoms with Crippen molar-refractivity contribution in [1.82, 2.24) is 19.6 Å². The highest BCUT2D eigenvalue weighted by atomic mass is 32.2. The van der Waals surface area contributed by atoms with Gasteiger partial charge in [0.2, 0.25) is 0 Å². The summed E-state index contributed by atoms with van der Waals surface area (Å²) in [5, 5.41) is 7.40. The minimum Gasteiger partial charge on any atom is -0.490 e. The van der Waals surface area contributed by atoms with Crippen molar-refractivity contribution in [3.63, 3.8) is 0 Å². The molecule has 1 aromatic heterocycles. The van der Waals surface area contributed by atoms with Crippen LogP contribution in [0.3, 0.4) is 0 Å². The molecule has 1 amide bonds. The second kappa shape index (κ2) is 10.7. The molecule has 1 N–H and O–H groups in total. The molecule has 206 valence electrons. The maximum absolute atomic E-state index is 13.1. The molecule has 3 aliphatic rings. The summed E-state index contributed by atoms with van der Waals surface area (Å²) in [5.41, 5.74) is 3.14. The van der Waals surface area contributed by atoms with E-state index in [0.29, 0.717) is 31.7 Å². The van der Waals surface area contributed by atoms with Crippen LogP contribution in [-0.2, 0) is 16.4 Å². The Morgan fingerprint density at radius 2 is 1.89 bits per heavy atom. The van der Waals surface area contributed by atoms with Crippen LogP contribution in [0.5, 0.6) is 5.75 Å². The third-order valence-electron chi connectivity index (χ3n) is 8.21. The summed E-state index contributed by atoms with van der Waals surface area (Å²) in [5.74, 6) is 1.90. The maximum atomic E-state index is 13.1. The molecule has 0 radical (unpaired) electrons. The van der Waals surface area contributed by atoms with Crippen molar-refractivity contribution in [3.8, 4) is 5.75 Å². The molecule has 1 spiro atoms. The number of nitrogens with zero attached hydrogens (tertiary/aromatic N) is 4. The van der Waals surface area contributed by atoms with Gasteiger partial charge in [-0.05, 0) is 70.5 Å². The van der Waals surface area contributed by atoms with E-state index in [1.165, 1.54) is 4.68 Å². The minimum atomic E-state index is -2.92. The zero-order valence-corrected chi connectivity index (χ0v) is 23.3. The first-order valence-electron chi connectivity index (χ1n) is 13.6. The number of nitrogens with one attached hydrogen (secondary N) is 1. The number of likely N-dealkylation sites (tertiary alicyclic amines) is 2. The van der Waals surface area contributed by atoms with Gasteiger partial charge < -0.3 is 15.0 Å². The first-order chi connectivity index (χ1) is 18.1. The summed E-state index contributed by atoms with van der Waals surface area (Å²) < 4.78 is 31.5. The molecule has 0 saturated carbocycles. The molecule has 2 aromatic rings. The topological polar surface area (TPSA) is 96.8 Å². The van der Waals surface area contributed by atoms with Crippen LogP contribution < -0.4 is 10.1 Å². The smallest absolute Gasteiger partial charge is 0.344 e. The standard InChI is InChI=1S/C28H39N5O4S/c1-21(2)29-26-7-14-33(30-26)27(34)31-15-11-28(12-16-31)10-4-13-32(28)20-23-6-5-22(3)19-25(23)37-24-8-17-38(35,36)18-9-24/h5-7,14,19,24H,1,4,8-13,15-18,20H2,2-3H3,(H,29,30). The Hall–Kier alpha value is -2.85. The fourth-order valence-electron chi connectivity index (χ4n) is 6.06. The van der Waals surface area contributed by atoms with Crippen molar-refractivity contribution < 1.29 is 17.9 Å². The number of hydrogen-bond acceptors (Lipinski definition) is 7. The summed E-state index contributed by atoms with van der Waals surface area (Å²) in [6, 6.07) is 8.05. The largest absolute Gasteiger partial charge is 0.490 e. The lowest BCUT2D eigenvalue weighted by molar-refractivity contribution is 0.0573. The summed E-state index contributed by atoms with van der Waals surface area (Å²) in [6.07, 6.45) is 6.87. The molecule has 0 unspecified atom stereocenters. The zero-order valence-electron chi connectivity index (χ0n) is 22.5. The fraction of sp³-hybridized carbons (Fsp3) is 0.571. The molecule has 0 bridgehead atoms. The van der Waals surface area contributed by atoms with Gasteiger partial charge in [-0.25, -0.2) is 13.2 Å². The molecule has 3 saturated heterocycles. The van der Waals surface area contributed by atoms with Crippen LogP contribution in [0.25, 0.3) is 0 Å². The number of anilines is 1. The van der Waals surface area contributed by atoms with Crippen molar-refractivity contribution in [3.05, 3.63) is 53.9 Å². The quantitative estimate of drug-likeness (QED) is 0.586. The molecule has 9 nitrogen and oxygen atoms in total. The number of ether oxygens (including phenoxy) is 1. The number of aryl methyl sites for hydroxylation is 1. The average molecular weight is 542 g/mol. The number of allylic oxidation sites excluding steroid dienone is 1. The molecule has 38 heavy (non-hydrogen) atoms. The predicted molar refractivity (Wildman–Crippen MR) is 148 cm³/mol. The van der Waals surface area contributed by atoms with Crippen molar-refractivity contribution in [1.29, 1.82) is 0 Å². The summed E-state index contributed by atoms with van der Waals surface area (Å²) in [7, 11) is -2.92. The van der Waals surface area contributed by atoms with Gasteiger partial charge in [0.25, 0.3) is 0 Å². The molecule has 0 aliphatic carbocycles. The highest BCUT2D eigenvalue weighted by Crippen LogP contribution is 2.40. The first-order valence-corrected chi connectivity index (χ1v) is 15.4. The lowest BCUT2D eigenvalue weighted by atomic mass is 9.84. The first kappa shape index (κ1) is 26.7. The Morgan fingerprint density at radius 1 is 1.16 bits per heavy atom. The molecule has 4 heterocycles. The fourth-order valence-corrected chi connectivity index (χ4v) is 7.50. The van der Waals surface area contributed by atoms with Crippen LogP contribution >= 0.6 is 0 Å². The lowest BCUT2D eigenvalue weighted by Crippen LogP contribution is -2.53. The van der Waals surface area contributed by atoms with Gasteiger partial charge in [-0.1, -0.05) is 18.7 Å². The molecule has 5 rings (SSSR count). The Bertz CT molecular complexity index is 1280. The Labute approximate surface area is 225 Å². The van der Waals surface area contributed by atoms with Gasteiger partial charge in [-0.15, -0.1) is 5.10 Å². The number of piperidine rings is 1. The van der Waals surface area contributed by atoms with E-state index < -0.39 is 9.84 Å². The number of rotatable bonds is 6. The van der Waals surface area contributed by atoms with Crippen molar-refractivity contribution >= 4 is 21.7 Å². The molecular weight excluding hydrogens is 502 g/mol. The molecule has 3 aliphatic heterocycles. The minimum absolute atomic E-state index is 0.0609. The summed E-state index contributed by atoms with van der Waals surface area (Å²) in [6.45, 7) is 11.0. The Balaban J connectivity index is 1.23. The summed E-state index contributed by atoms with van der Waals surface area (Å²) >= 11 is 0. The number of sulfone groups is 1. The van der Waals surface area contributed by atoms with Crippen molar-refractivity contribution in [2.45, 2.75) is 70.6 Å². The Morgan fingerprint density at radius 3 is 2.61 bits per heavy atom. The van der Waals surface area contributed by atoms with Gasteiger partial charge in [0, 0.05) is 48.7 Å². The highest BCUT2D eigenvalue weighted by molar-refractivity contribution is 7.91. The predicted octanol–water partition coefficient (Wildman–Crippen LogP) is 4.19. The van der Waals surface area contributed by atoms with Gasteiger partial charge in [0.1, 0.15) is 11.9 Å². The maximum Gasteiger partial charge on any atom is 0.344 e. The van der Waals surface area contributed by atoms with Crippen LogP contribution in [0.4, 0.5) is 10.6 Å². The van der Waals surface area contributed by atoms with Crippen LogP contribution in [0.15, 0.2) is 42.7 Å². The third-order valence-corrected chi connectivity index (χ3v) is 9.93. The van der Waals surface area contributed by atoms with E-state index in [1.54, 1.807) is 12.3 Å². The zero-order chi connectivity index (χ0) is 26.9. The Kier molecular flexibility index (Phi) is 7.55. The van der Waals surface area contributed by atoms with Crippen LogP contribution in [0, 0.1) is 6.92 Å². The van der Waals surface area contributed by atoms with E-state index in [0.717, 1.165) is 61.3 Å². The number of hydrogen-bond donors (Lipinski definition) is 1. The number of aromatic nitrogens is 2. The van der Waals surface area contributed by atoms with Crippen molar-refractivity contribution in [2.75, 3.05) is 36.5 Å². The van der Waals surface area contributed by atoms with Gasteiger partial charge in [-0.2, -0.15) is 4.68 Å². The molecule has 0 atom stereocenters. The van der Waals surface area contributed by atoms with Gasteiger partial charge in [0.15, 0.2) is 15.7 Å². The van der Waals surface area contributed by atoms with Crippen LogP contribution in [0.1, 0.15) is 56.6 Å². The molecular formula is C28H39N5O4S. The van der Waals surface area contributed by atoms with Crippen LogP contribution in [-0.4, -0.2) is 76.8 Å². The van der Waals surface area contributed by atoms with Gasteiger partial charge in [0.05, 0.1) is 11.5 Å². The second-order valence-electron chi connectivity index (χ2n) is 11.2. The van der Waals surface area contributed by atoms with E-state index in [4.69, 9.17) is 4.74 Å². The van der Waals surface area contributed by atoms with Gasteiger partial charge in [-0.3, -0.25) is 4.90 Å². The van der Waals surface area contributed by atoms with Crippen molar-refractivity contribution in [2.24, 2.45) is 0 Å². The van der Waals surface area contributed by atoms with E-state index in [1.807, 2.05) is 11.8 Å². The molecule has 3 fully saturated rings. The molecule has 1 aromatic carbocycles. The van der Waals surface area contributed by atoms with E-state index >= 15 is 0 Å². The van der Waals surface area contributed by atoms with E-state index in [-0.39, 0.29) is 29.2 Å². The highest BCUT2D eigenvalue weighted by Gasteiger charge is 2.44. The SMILES string of the molecule is C=C(C)Nc1ccn(C(=O)N2CCC3(CCCN3Cc3ccc(C)cc3OC3CCS(=O)(=O)CC3)CC2)n1. The van der Waals surface area contributed by atoms with Crippen LogP contribution in [0.2, 0.25) is 0 Å². The normalized spacial score (nSPS) is 21.5. The monoisotopic (exact) mass is 541 g/mol. The van der Waals surface area contributed by atoms with Gasteiger partial charge >= 0.3 is 6.03 Å². The number of carbonyl (C=O) groups excluding carboxylic acids is 1. The van der Waals surface area contributed by atoms with E-state index in [9.17, 15) is 13.2 Å². The lowest BCUT2D eigenvalue weighted by Gasteiger charge is -2.45. The summed E-state index contributed by atoms with van der Waals surface area (Å²) in [4.78, 5) is 17.6. The number of carbonyl (C=O) groups is 1. The van der Waals surface area contributed by atoms with E-state index in [2.05, 4.69) is 47.0 Å². The molecule has 10 heteroatoms. The third kappa shape index (κ3) is 5.91. The number of amides is 1.